The molecular weight excluding hydrogens is 314 g/mol. The first-order valence-corrected chi connectivity index (χ1v) is 14.8. The number of aromatic nitrogens is 2. The van der Waals surface area contributed by atoms with Crippen LogP contribution in [-0.4, -0.2) is 26.5 Å². The van der Waals surface area contributed by atoms with Crippen molar-refractivity contribution in [1.82, 2.24) is 9.97 Å². The predicted molar refractivity (Wildman–Crippen MR) is 96.3 cm³/mol. The highest BCUT2D eigenvalue weighted by molar-refractivity contribution is 7.13. The number of thiophene rings is 1. The summed E-state index contributed by atoms with van der Waals surface area (Å²) in [6.07, 6.45) is 1.87. The molecule has 0 saturated carbocycles. The van der Waals surface area contributed by atoms with Gasteiger partial charge in [0.15, 0.2) is 0 Å². The van der Waals surface area contributed by atoms with Gasteiger partial charge >= 0.3 is 6.01 Å². The van der Waals surface area contributed by atoms with Crippen molar-refractivity contribution in [3.8, 4) is 16.5 Å². The molecule has 4 nitrogen and oxygen atoms in total. The Morgan fingerprint density at radius 1 is 1.14 bits per heavy atom. The fraction of sp³-hybridized carbons (Fsp3) is 0.429. The molecule has 7 heteroatoms. The van der Waals surface area contributed by atoms with E-state index in [2.05, 4.69) is 65.7 Å². The molecule has 0 aliphatic rings. The Labute approximate surface area is 132 Å². The molecule has 0 aliphatic carbocycles. The molecular formula is C14H23N3OSSi2. The highest BCUT2D eigenvalue weighted by Gasteiger charge is 2.22. The summed E-state index contributed by atoms with van der Waals surface area (Å²) in [7, 11) is -3.21. The summed E-state index contributed by atoms with van der Waals surface area (Å²) in [5.41, 5.74) is 1.05. The van der Waals surface area contributed by atoms with Gasteiger partial charge in [0.05, 0.1) is 5.56 Å². The highest BCUT2D eigenvalue weighted by Crippen LogP contribution is 2.32. The Hall–Kier alpha value is -1.19. The summed E-state index contributed by atoms with van der Waals surface area (Å²) in [5, 5.41) is 2.07. The molecule has 2 rings (SSSR count). The second-order valence-corrected chi connectivity index (χ2v) is 17.1. The largest absolute Gasteiger partial charge is 0.518 e. The van der Waals surface area contributed by atoms with Crippen molar-refractivity contribution in [3.63, 3.8) is 0 Å². The zero-order valence-electron chi connectivity index (χ0n) is 13.5. The van der Waals surface area contributed by atoms with Crippen molar-refractivity contribution in [2.75, 3.05) is 4.98 Å². The van der Waals surface area contributed by atoms with Crippen LogP contribution < -0.4 is 9.41 Å². The van der Waals surface area contributed by atoms with Gasteiger partial charge in [0, 0.05) is 11.1 Å². The lowest BCUT2D eigenvalue weighted by Crippen LogP contribution is -2.34. The molecule has 21 heavy (non-hydrogen) atoms. The third-order valence-corrected chi connectivity index (χ3v) is 5.13. The minimum absolute atomic E-state index is 0.482. The van der Waals surface area contributed by atoms with Crippen LogP contribution in [0, 0.1) is 0 Å². The van der Waals surface area contributed by atoms with E-state index in [0.717, 1.165) is 11.4 Å². The Bertz CT molecular complexity index is 604. The summed E-state index contributed by atoms with van der Waals surface area (Å²) in [4.78, 5) is 13.8. The maximum absolute atomic E-state index is 5.92. The molecule has 0 atom stereocenters. The number of anilines is 1. The zero-order valence-corrected chi connectivity index (χ0v) is 16.3. The smallest absolute Gasteiger partial charge is 0.304 e. The van der Waals surface area contributed by atoms with Gasteiger partial charge in [-0.15, -0.1) is 11.3 Å². The maximum atomic E-state index is 5.92. The van der Waals surface area contributed by atoms with Gasteiger partial charge in [0.25, 0.3) is 0 Å². The van der Waals surface area contributed by atoms with E-state index in [1.54, 1.807) is 11.3 Å². The van der Waals surface area contributed by atoms with Gasteiger partial charge in [0.1, 0.15) is 14.1 Å². The van der Waals surface area contributed by atoms with Gasteiger partial charge in [-0.3, -0.25) is 0 Å². The number of rotatable bonds is 5. The third-order valence-electron chi connectivity index (χ3n) is 2.44. The summed E-state index contributed by atoms with van der Waals surface area (Å²) >= 11 is 1.70. The first-order valence-electron chi connectivity index (χ1n) is 7.02. The molecule has 2 heterocycles. The maximum Gasteiger partial charge on any atom is 0.304 e. The molecule has 0 aliphatic heterocycles. The molecule has 0 bridgehead atoms. The number of hydrogen-bond donors (Lipinski definition) is 1. The number of nitrogens with zero attached hydrogens (tertiary/aromatic N) is 2. The van der Waals surface area contributed by atoms with Gasteiger partial charge < -0.3 is 9.41 Å². The quantitative estimate of drug-likeness (QED) is 0.806. The van der Waals surface area contributed by atoms with Crippen LogP contribution in [0.15, 0.2) is 23.7 Å². The lowest BCUT2D eigenvalue weighted by atomic mass is 10.2. The van der Waals surface area contributed by atoms with Crippen molar-refractivity contribution in [1.29, 1.82) is 0 Å². The first-order chi connectivity index (χ1) is 9.64. The molecule has 2 aromatic heterocycles. The molecule has 0 amide bonds. The van der Waals surface area contributed by atoms with Crippen molar-refractivity contribution in [2.45, 2.75) is 39.3 Å². The molecule has 0 spiro atoms. The number of nitrogens with one attached hydrogen (secondary N) is 1. The van der Waals surface area contributed by atoms with Crippen LogP contribution in [0.2, 0.25) is 39.3 Å². The lowest BCUT2D eigenvalue weighted by molar-refractivity contribution is 0.510. The van der Waals surface area contributed by atoms with Crippen LogP contribution in [-0.2, 0) is 0 Å². The van der Waals surface area contributed by atoms with Crippen LogP contribution in [0.4, 0.5) is 5.82 Å². The SMILES string of the molecule is C[Si](C)(C)Nc1nc(O[Si](C)(C)C)ncc1-c1cccs1. The summed E-state index contributed by atoms with van der Waals surface area (Å²) in [5.74, 6) is 0.889. The summed E-state index contributed by atoms with van der Waals surface area (Å²) in [6, 6.07) is 4.62. The van der Waals surface area contributed by atoms with E-state index in [9.17, 15) is 0 Å². The van der Waals surface area contributed by atoms with E-state index in [4.69, 9.17) is 4.43 Å². The van der Waals surface area contributed by atoms with Gasteiger partial charge in [-0.05, 0) is 31.1 Å². The Kier molecular flexibility index (Phi) is 4.55. The number of hydrogen-bond acceptors (Lipinski definition) is 5. The normalized spacial score (nSPS) is 12.3. The van der Waals surface area contributed by atoms with Crippen molar-refractivity contribution < 1.29 is 4.43 Å². The molecule has 0 saturated heterocycles. The van der Waals surface area contributed by atoms with Crippen LogP contribution in [0.25, 0.3) is 10.4 Å². The van der Waals surface area contributed by atoms with Gasteiger partial charge in [0.2, 0.25) is 8.32 Å². The summed E-state index contributed by atoms with van der Waals surface area (Å²) < 4.78 is 5.92. The van der Waals surface area contributed by atoms with E-state index in [1.165, 1.54) is 4.88 Å². The average molecular weight is 338 g/mol. The average Bonchev–Trinajstić information content (AvgIpc) is 2.78. The Morgan fingerprint density at radius 3 is 2.38 bits per heavy atom. The van der Waals surface area contributed by atoms with Crippen molar-refractivity contribution >= 4 is 33.7 Å². The second kappa shape index (κ2) is 5.90. The van der Waals surface area contributed by atoms with E-state index in [1.807, 2.05) is 12.3 Å². The molecule has 1 N–H and O–H groups in total. The lowest BCUT2D eigenvalue weighted by Gasteiger charge is -2.22. The highest BCUT2D eigenvalue weighted by atomic mass is 32.1. The van der Waals surface area contributed by atoms with Gasteiger partial charge in [-0.1, -0.05) is 25.7 Å². The fourth-order valence-corrected chi connectivity index (χ4v) is 4.04. The fourth-order valence-electron chi connectivity index (χ4n) is 1.75. The molecule has 114 valence electrons. The first kappa shape index (κ1) is 16.2. The van der Waals surface area contributed by atoms with Crippen molar-refractivity contribution in [2.24, 2.45) is 0 Å². The topological polar surface area (TPSA) is 47.0 Å². The van der Waals surface area contributed by atoms with Crippen molar-refractivity contribution in [3.05, 3.63) is 23.7 Å². The van der Waals surface area contributed by atoms with Crippen LogP contribution in [0.5, 0.6) is 6.01 Å². The standard InChI is InChI=1S/C14H23N3OSSi2/c1-20(2,3)17-13-11(12-8-7-9-19-12)10-15-14(16-13)18-21(4,5)6/h7-10H,1-6H3,(H,15,16,17). The predicted octanol–water partition coefficient (Wildman–Crippen LogP) is 4.67. The second-order valence-electron chi connectivity index (χ2n) is 6.98. The third kappa shape index (κ3) is 4.94. The monoisotopic (exact) mass is 337 g/mol. The van der Waals surface area contributed by atoms with Gasteiger partial charge in [-0.25, -0.2) is 4.98 Å². The van der Waals surface area contributed by atoms with Gasteiger partial charge in [-0.2, -0.15) is 4.98 Å². The molecule has 0 fully saturated rings. The minimum Gasteiger partial charge on any atom is -0.518 e. The Morgan fingerprint density at radius 2 is 1.86 bits per heavy atom. The Balaban J connectivity index is 2.41. The van der Waals surface area contributed by atoms with E-state index < -0.39 is 16.6 Å². The van der Waals surface area contributed by atoms with E-state index in [-0.39, 0.29) is 0 Å². The molecule has 0 radical (unpaired) electrons. The van der Waals surface area contributed by atoms with Crippen LogP contribution in [0.1, 0.15) is 0 Å². The molecule has 0 aromatic carbocycles. The molecule has 2 aromatic rings. The zero-order chi connectivity index (χ0) is 15.7. The molecule has 0 unspecified atom stereocenters. The minimum atomic E-state index is -1.70. The van der Waals surface area contributed by atoms with Crippen LogP contribution >= 0.6 is 11.3 Å². The van der Waals surface area contributed by atoms with Crippen LogP contribution in [0.3, 0.4) is 0 Å². The summed E-state index contributed by atoms with van der Waals surface area (Å²) in [6.45, 7) is 13.2. The van der Waals surface area contributed by atoms with E-state index in [0.29, 0.717) is 6.01 Å². The van der Waals surface area contributed by atoms with E-state index >= 15 is 0 Å².